The van der Waals surface area contributed by atoms with Gasteiger partial charge < -0.3 is 5.32 Å². The lowest BCUT2D eigenvalue weighted by molar-refractivity contribution is 0.209. The van der Waals surface area contributed by atoms with E-state index in [2.05, 4.69) is 26.8 Å². The maximum Gasteiger partial charge on any atom is 0.264 e. The van der Waals surface area contributed by atoms with Crippen molar-refractivity contribution in [1.82, 2.24) is 9.88 Å². The van der Waals surface area contributed by atoms with Crippen molar-refractivity contribution in [2.24, 2.45) is 5.92 Å². The van der Waals surface area contributed by atoms with Crippen molar-refractivity contribution in [3.63, 3.8) is 0 Å². The molecule has 2 atom stereocenters. The van der Waals surface area contributed by atoms with Crippen molar-refractivity contribution in [2.75, 3.05) is 29.7 Å². The van der Waals surface area contributed by atoms with Crippen LogP contribution >= 0.6 is 11.3 Å². The molecule has 0 unspecified atom stereocenters. The highest BCUT2D eigenvalue weighted by molar-refractivity contribution is 7.93. The van der Waals surface area contributed by atoms with E-state index in [1.807, 2.05) is 6.07 Å². The lowest BCUT2D eigenvalue weighted by atomic mass is 9.90. The summed E-state index contributed by atoms with van der Waals surface area (Å²) in [5.41, 5.74) is 1.07. The number of benzene rings is 1. The summed E-state index contributed by atoms with van der Waals surface area (Å²) in [4.78, 5) is 6.48. The summed E-state index contributed by atoms with van der Waals surface area (Å²) in [6.07, 6.45) is 5.10. The van der Waals surface area contributed by atoms with Crippen molar-refractivity contribution in [3.8, 4) is 6.07 Å². The van der Waals surface area contributed by atoms with Gasteiger partial charge in [-0.1, -0.05) is 6.92 Å². The monoisotopic (exact) mass is 417 g/mol. The molecule has 0 aliphatic carbocycles. The zero-order valence-electron chi connectivity index (χ0n) is 15.7. The highest BCUT2D eigenvalue weighted by Crippen LogP contribution is 2.41. The van der Waals surface area contributed by atoms with Gasteiger partial charge in [0.25, 0.3) is 10.0 Å². The first-order valence-electron chi connectivity index (χ1n) is 9.37. The molecule has 2 saturated heterocycles. The number of anilines is 2. The molecule has 7 nitrogen and oxygen atoms in total. The van der Waals surface area contributed by atoms with E-state index in [9.17, 15) is 13.7 Å². The van der Waals surface area contributed by atoms with Crippen molar-refractivity contribution in [1.29, 1.82) is 5.26 Å². The average molecular weight is 418 g/mol. The molecule has 2 aliphatic heterocycles. The Balaban J connectivity index is 1.52. The second kappa shape index (κ2) is 7.35. The number of nitrogens with zero attached hydrogens (tertiary/aromatic N) is 3. The number of fused-ring (bicyclic) bond motifs is 1. The first-order chi connectivity index (χ1) is 13.4. The highest BCUT2D eigenvalue weighted by atomic mass is 32.2. The topological polar surface area (TPSA) is 98.1 Å². The number of nitrogens with one attached hydrogen (secondary N) is 2. The third-order valence-electron chi connectivity index (χ3n) is 5.67. The molecule has 1 aromatic carbocycles. The van der Waals surface area contributed by atoms with Crippen LogP contribution < -0.4 is 10.0 Å². The van der Waals surface area contributed by atoms with Gasteiger partial charge in [0.15, 0.2) is 5.13 Å². The Bertz CT molecular complexity index is 1000. The summed E-state index contributed by atoms with van der Waals surface area (Å²) < 4.78 is 27.7. The first-order valence-corrected chi connectivity index (χ1v) is 11.7. The van der Waals surface area contributed by atoms with Gasteiger partial charge in [0, 0.05) is 35.9 Å². The standard InChI is InChI=1S/C19H23N5O2S2/c1-14-10-19(5-2-7-24(19)12-14)13-22-16-3-4-17(15(9-16)11-20)28(25,26)23-18-21-6-8-27-18/h3-4,6,8-9,14,22H,2,5,7,10,12-13H2,1H3,(H,21,23)/t14-,19+/m0/s1. The van der Waals surface area contributed by atoms with Crippen LogP contribution in [0, 0.1) is 17.2 Å². The van der Waals surface area contributed by atoms with E-state index in [0.717, 1.165) is 25.3 Å². The lowest BCUT2D eigenvalue weighted by Crippen LogP contribution is -2.44. The van der Waals surface area contributed by atoms with Gasteiger partial charge in [-0.05, 0) is 49.9 Å². The van der Waals surface area contributed by atoms with Crippen LogP contribution in [-0.4, -0.2) is 43.5 Å². The van der Waals surface area contributed by atoms with Crippen molar-refractivity contribution in [2.45, 2.75) is 36.6 Å². The van der Waals surface area contributed by atoms with Crippen molar-refractivity contribution >= 4 is 32.2 Å². The quantitative estimate of drug-likeness (QED) is 0.749. The molecule has 3 heterocycles. The Morgan fingerprint density at radius 2 is 2.32 bits per heavy atom. The molecule has 1 aromatic heterocycles. The predicted octanol–water partition coefficient (Wildman–Crippen LogP) is 3.10. The fourth-order valence-electron chi connectivity index (χ4n) is 4.54. The summed E-state index contributed by atoms with van der Waals surface area (Å²) in [6, 6.07) is 6.84. The van der Waals surface area contributed by atoms with Crippen LogP contribution in [0.1, 0.15) is 31.7 Å². The largest absolute Gasteiger partial charge is 0.383 e. The third kappa shape index (κ3) is 3.60. The molecule has 9 heteroatoms. The van der Waals surface area contributed by atoms with E-state index in [1.54, 1.807) is 17.5 Å². The van der Waals surface area contributed by atoms with Crippen LogP contribution in [0.4, 0.5) is 10.8 Å². The maximum absolute atomic E-state index is 12.6. The van der Waals surface area contributed by atoms with Crippen molar-refractivity contribution in [3.05, 3.63) is 35.3 Å². The van der Waals surface area contributed by atoms with Gasteiger partial charge in [0.2, 0.25) is 0 Å². The second-order valence-electron chi connectivity index (χ2n) is 7.70. The van der Waals surface area contributed by atoms with E-state index in [-0.39, 0.29) is 21.1 Å². The van der Waals surface area contributed by atoms with Crippen LogP contribution in [0.2, 0.25) is 0 Å². The Kier molecular flexibility index (Phi) is 5.04. The number of aromatic nitrogens is 1. The van der Waals surface area contributed by atoms with Crippen LogP contribution in [0.3, 0.4) is 0 Å². The summed E-state index contributed by atoms with van der Waals surface area (Å²) in [5, 5.41) is 14.9. The van der Waals surface area contributed by atoms with E-state index in [4.69, 9.17) is 0 Å². The average Bonchev–Trinajstić information content (AvgIpc) is 3.35. The van der Waals surface area contributed by atoms with E-state index < -0.39 is 10.0 Å². The Morgan fingerprint density at radius 3 is 3.07 bits per heavy atom. The summed E-state index contributed by atoms with van der Waals surface area (Å²) >= 11 is 1.19. The molecule has 4 rings (SSSR count). The summed E-state index contributed by atoms with van der Waals surface area (Å²) in [5.74, 6) is 0.696. The van der Waals surface area contributed by atoms with Crippen LogP contribution in [0.5, 0.6) is 0 Å². The normalized spacial score (nSPS) is 24.6. The van der Waals surface area contributed by atoms with Gasteiger partial charge in [0.1, 0.15) is 11.0 Å². The fourth-order valence-corrected chi connectivity index (χ4v) is 6.47. The molecule has 2 aromatic rings. The fraction of sp³-hybridized carbons (Fsp3) is 0.474. The van der Waals surface area contributed by atoms with Gasteiger partial charge in [-0.3, -0.25) is 9.62 Å². The third-order valence-corrected chi connectivity index (χ3v) is 7.88. The summed E-state index contributed by atoms with van der Waals surface area (Å²) in [7, 11) is -3.86. The minimum atomic E-state index is -3.86. The molecular weight excluding hydrogens is 394 g/mol. The van der Waals surface area contributed by atoms with Crippen LogP contribution in [-0.2, 0) is 10.0 Å². The van der Waals surface area contributed by atoms with Gasteiger partial charge in [-0.15, -0.1) is 11.3 Å². The minimum absolute atomic E-state index is 0.0362. The highest BCUT2D eigenvalue weighted by Gasteiger charge is 2.46. The molecule has 2 aliphatic rings. The Labute approximate surface area is 169 Å². The number of nitriles is 1. The molecule has 0 amide bonds. The van der Waals surface area contributed by atoms with Gasteiger partial charge in [-0.25, -0.2) is 13.4 Å². The maximum atomic E-state index is 12.6. The van der Waals surface area contributed by atoms with E-state index in [1.165, 1.54) is 42.9 Å². The molecule has 2 fully saturated rings. The molecule has 28 heavy (non-hydrogen) atoms. The molecule has 2 N–H and O–H groups in total. The number of hydrogen-bond donors (Lipinski definition) is 2. The van der Waals surface area contributed by atoms with Crippen molar-refractivity contribution < 1.29 is 8.42 Å². The Hall–Kier alpha value is -2.15. The molecule has 148 valence electrons. The van der Waals surface area contributed by atoms with Crippen LogP contribution in [0.15, 0.2) is 34.7 Å². The molecule has 0 radical (unpaired) electrons. The second-order valence-corrected chi connectivity index (χ2v) is 10.2. The predicted molar refractivity (Wildman–Crippen MR) is 110 cm³/mol. The molecule has 0 bridgehead atoms. The molecule has 0 saturated carbocycles. The molecular formula is C19H23N5O2S2. The van der Waals surface area contributed by atoms with Gasteiger partial charge in [-0.2, -0.15) is 5.26 Å². The number of thiazole rings is 1. The van der Waals surface area contributed by atoms with E-state index >= 15 is 0 Å². The van der Waals surface area contributed by atoms with Gasteiger partial charge in [0.05, 0.1) is 5.56 Å². The van der Waals surface area contributed by atoms with Crippen LogP contribution in [0.25, 0.3) is 0 Å². The number of rotatable bonds is 6. The zero-order chi connectivity index (χ0) is 19.8. The SMILES string of the molecule is C[C@@H]1CN2CCC[C@]2(CNc2ccc(S(=O)(=O)Nc3nccs3)c(C#N)c2)C1. The summed E-state index contributed by atoms with van der Waals surface area (Å²) in [6.45, 7) is 5.40. The molecule has 0 spiro atoms. The van der Waals surface area contributed by atoms with E-state index in [0.29, 0.717) is 5.92 Å². The Morgan fingerprint density at radius 1 is 1.46 bits per heavy atom. The smallest absolute Gasteiger partial charge is 0.264 e. The number of hydrogen-bond acceptors (Lipinski definition) is 7. The minimum Gasteiger partial charge on any atom is -0.383 e. The van der Waals surface area contributed by atoms with Gasteiger partial charge >= 0.3 is 0 Å². The zero-order valence-corrected chi connectivity index (χ0v) is 17.3. The first kappa shape index (κ1) is 19.2. The lowest BCUT2D eigenvalue weighted by Gasteiger charge is -2.32. The number of sulfonamides is 1.